The van der Waals surface area contributed by atoms with Crippen LogP contribution < -0.4 is 10.6 Å². The fourth-order valence-electron chi connectivity index (χ4n) is 2.91. The van der Waals surface area contributed by atoms with Gasteiger partial charge in [-0.3, -0.25) is 14.4 Å². The maximum Gasteiger partial charge on any atom is 0.262 e. The van der Waals surface area contributed by atoms with Crippen molar-refractivity contribution in [2.75, 3.05) is 19.4 Å². The number of benzene rings is 2. The summed E-state index contributed by atoms with van der Waals surface area (Å²) in [6.45, 7) is 0. The van der Waals surface area contributed by atoms with Crippen molar-refractivity contribution >= 4 is 34.7 Å². The summed E-state index contributed by atoms with van der Waals surface area (Å²) >= 11 is 1.32. The molecule has 6 nitrogen and oxygen atoms in total. The average Bonchev–Trinajstić information content (AvgIpc) is 3.28. The third kappa shape index (κ3) is 5.55. The van der Waals surface area contributed by atoms with Gasteiger partial charge in [0.2, 0.25) is 5.91 Å². The molecular weight excluding hydrogens is 398 g/mol. The summed E-state index contributed by atoms with van der Waals surface area (Å²) in [6, 6.07) is 19.0. The lowest BCUT2D eigenvalue weighted by Crippen LogP contribution is -2.45. The zero-order valence-electron chi connectivity index (χ0n) is 16.8. The van der Waals surface area contributed by atoms with Gasteiger partial charge in [0.15, 0.2) is 0 Å². The van der Waals surface area contributed by atoms with Gasteiger partial charge in [-0.2, -0.15) is 0 Å². The molecule has 3 amide bonds. The zero-order chi connectivity index (χ0) is 21.5. The van der Waals surface area contributed by atoms with Crippen molar-refractivity contribution in [1.82, 2.24) is 10.2 Å². The van der Waals surface area contributed by atoms with Crippen molar-refractivity contribution in [3.8, 4) is 0 Å². The third-order valence-electron chi connectivity index (χ3n) is 4.43. The summed E-state index contributed by atoms with van der Waals surface area (Å²) in [4.78, 5) is 39.8. The maximum absolute atomic E-state index is 13.0. The van der Waals surface area contributed by atoms with E-state index in [2.05, 4.69) is 10.6 Å². The monoisotopic (exact) mass is 421 g/mol. The number of amides is 3. The van der Waals surface area contributed by atoms with Crippen LogP contribution in [0, 0.1) is 0 Å². The van der Waals surface area contributed by atoms with Gasteiger partial charge in [0.05, 0.1) is 4.88 Å². The first-order valence-corrected chi connectivity index (χ1v) is 10.3. The lowest BCUT2D eigenvalue weighted by molar-refractivity contribution is -0.118. The SMILES string of the molecule is CN(C)C(=O)c1cccc(NC(=O)C(Cc2ccccc2)NC(=O)c2cccs2)c1. The Kier molecular flexibility index (Phi) is 6.98. The van der Waals surface area contributed by atoms with Crippen LogP contribution >= 0.6 is 11.3 Å². The van der Waals surface area contributed by atoms with Crippen LogP contribution in [0.3, 0.4) is 0 Å². The number of carbonyl (C=O) groups is 3. The summed E-state index contributed by atoms with van der Waals surface area (Å²) in [7, 11) is 3.34. The Morgan fingerprint density at radius 2 is 1.73 bits per heavy atom. The molecule has 2 N–H and O–H groups in total. The normalized spacial score (nSPS) is 11.4. The minimum absolute atomic E-state index is 0.155. The maximum atomic E-state index is 13.0. The Hall–Kier alpha value is -3.45. The van der Waals surface area contributed by atoms with Gasteiger partial charge in [0, 0.05) is 31.8 Å². The molecule has 1 aromatic heterocycles. The van der Waals surface area contributed by atoms with Crippen molar-refractivity contribution in [2.24, 2.45) is 0 Å². The summed E-state index contributed by atoms with van der Waals surface area (Å²) in [6.07, 6.45) is 0.347. The molecule has 154 valence electrons. The molecule has 3 rings (SSSR count). The first-order valence-electron chi connectivity index (χ1n) is 9.45. The highest BCUT2D eigenvalue weighted by molar-refractivity contribution is 7.12. The van der Waals surface area contributed by atoms with Gasteiger partial charge in [0.1, 0.15) is 6.04 Å². The highest BCUT2D eigenvalue weighted by atomic mass is 32.1. The van der Waals surface area contributed by atoms with Crippen molar-refractivity contribution in [3.05, 3.63) is 88.1 Å². The fourth-order valence-corrected chi connectivity index (χ4v) is 3.54. The van der Waals surface area contributed by atoms with E-state index in [0.717, 1.165) is 5.56 Å². The topological polar surface area (TPSA) is 78.5 Å². The smallest absolute Gasteiger partial charge is 0.262 e. The first kappa shape index (κ1) is 21.3. The molecule has 0 aliphatic carbocycles. The molecule has 0 bridgehead atoms. The van der Waals surface area contributed by atoms with Gasteiger partial charge in [-0.15, -0.1) is 11.3 Å². The van der Waals surface area contributed by atoms with Crippen LogP contribution in [0.25, 0.3) is 0 Å². The Bertz CT molecular complexity index is 1020. The van der Waals surface area contributed by atoms with Crippen LogP contribution in [0.15, 0.2) is 72.1 Å². The van der Waals surface area contributed by atoms with E-state index in [1.165, 1.54) is 16.2 Å². The molecular formula is C23H23N3O3S. The van der Waals surface area contributed by atoms with Crippen molar-refractivity contribution in [2.45, 2.75) is 12.5 Å². The molecule has 1 heterocycles. The van der Waals surface area contributed by atoms with Gasteiger partial charge >= 0.3 is 0 Å². The summed E-state index contributed by atoms with van der Waals surface area (Å²) in [5.41, 5.74) is 1.90. The second kappa shape index (κ2) is 9.84. The molecule has 0 aliphatic rings. The van der Waals surface area contributed by atoms with E-state index in [1.807, 2.05) is 35.7 Å². The fraction of sp³-hybridized carbons (Fsp3) is 0.174. The Balaban J connectivity index is 1.78. The van der Waals surface area contributed by atoms with Gasteiger partial charge in [-0.25, -0.2) is 0 Å². The number of thiophene rings is 1. The van der Waals surface area contributed by atoms with Crippen LogP contribution in [0.1, 0.15) is 25.6 Å². The zero-order valence-corrected chi connectivity index (χ0v) is 17.6. The second-order valence-corrected chi connectivity index (χ2v) is 7.91. The number of carbonyl (C=O) groups excluding carboxylic acids is 3. The van der Waals surface area contributed by atoms with E-state index >= 15 is 0 Å². The lowest BCUT2D eigenvalue weighted by atomic mass is 10.0. The molecule has 1 atom stereocenters. The van der Waals surface area contributed by atoms with Crippen LogP contribution in [0.2, 0.25) is 0 Å². The third-order valence-corrected chi connectivity index (χ3v) is 5.30. The number of hydrogen-bond acceptors (Lipinski definition) is 4. The number of anilines is 1. The number of rotatable bonds is 7. The predicted molar refractivity (Wildman–Crippen MR) is 119 cm³/mol. The van der Waals surface area contributed by atoms with E-state index in [-0.39, 0.29) is 17.7 Å². The van der Waals surface area contributed by atoms with Gasteiger partial charge in [-0.05, 0) is 35.2 Å². The molecule has 7 heteroatoms. The molecule has 0 spiro atoms. The number of nitrogens with zero attached hydrogens (tertiary/aromatic N) is 1. The highest BCUT2D eigenvalue weighted by Crippen LogP contribution is 2.14. The van der Waals surface area contributed by atoms with Gasteiger partial charge in [-0.1, -0.05) is 42.5 Å². The minimum Gasteiger partial charge on any atom is -0.345 e. The summed E-state index contributed by atoms with van der Waals surface area (Å²) in [5.74, 6) is -0.797. The van der Waals surface area contributed by atoms with Crippen molar-refractivity contribution in [1.29, 1.82) is 0 Å². The molecule has 30 heavy (non-hydrogen) atoms. The molecule has 0 radical (unpaired) electrons. The average molecular weight is 422 g/mol. The van der Waals surface area contributed by atoms with Crippen LogP contribution in [0.5, 0.6) is 0 Å². The van der Waals surface area contributed by atoms with Gasteiger partial charge < -0.3 is 15.5 Å². The quantitative estimate of drug-likeness (QED) is 0.614. The predicted octanol–water partition coefficient (Wildman–Crippen LogP) is 3.43. The molecule has 0 saturated heterocycles. The molecule has 0 aliphatic heterocycles. The van der Waals surface area contributed by atoms with E-state index < -0.39 is 6.04 Å². The van der Waals surface area contributed by atoms with E-state index in [1.54, 1.807) is 50.5 Å². The summed E-state index contributed by atoms with van der Waals surface area (Å²) in [5, 5.41) is 7.47. The molecule has 3 aromatic rings. The Morgan fingerprint density at radius 1 is 0.967 bits per heavy atom. The van der Waals surface area contributed by atoms with Crippen LogP contribution in [-0.4, -0.2) is 42.8 Å². The minimum atomic E-state index is -0.768. The largest absolute Gasteiger partial charge is 0.345 e. The first-order chi connectivity index (χ1) is 14.4. The van der Waals surface area contributed by atoms with Crippen LogP contribution in [-0.2, 0) is 11.2 Å². The number of nitrogens with one attached hydrogen (secondary N) is 2. The summed E-state index contributed by atoms with van der Waals surface area (Å²) < 4.78 is 0. The Morgan fingerprint density at radius 3 is 2.40 bits per heavy atom. The molecule has 0 saturated carbocycles. The molecule has 2 aromatic carbocycles. The van der Waals surface area contributed by atoms with Crippen molar-refractivity contribution < 1.29 is 14.4 Å². The van der Waals surface area contributed by atoms with Crippen molar-refractivity contribution in [3.63, 3.8) is 0 Å². The Labute approximate surface area is 179 Å². The standard InChI is InChI=1S/C23H23N3O3S/c1-26(2)23(29)17-10-6-11-18(15-17)24-21(27)19(14-16-8-4-3-5-9-16)25-22(28)20-12-7-13-30-20/h3-13,15,19H,14H2,1-2H3,(H,24,27)(H,25,28). The number of hydrogen-bond donors (Lipinski definition) is 2. The van der Waals surface area contributed by atoms with Crippen LogP contribution in [0.4, 0.5) is 5.69 Å². The lowest BCUT2D eigenvalue weighted by Gasteiger charge is -2.19. The highest BCUT2D eigenvalue weighted by Gasteiger charge is 2.23. The van der Waals surface area contributed by atoms with E-state index in [0.29, 0.717) is 22.5 Å². The molecule has 0 fully saturated rings. The van der Waals surface area contributed by atoms with Gasteiger partial charge in [0.25, 0.3) is 11.8 Å². The second-order valence-electron chi connectivity index (χ2n) is 6.96. The molecule has 1 unspecified atom stereocenters. The van der Waals surface area contributed by atoms with E-state index in [4.69, 9.17) is 0 Å². The van der Waals surface area contributed by atoms with E-state index in [9.17, 15) is 14.4 Å².